The molecular weight excluding hydrogens is 242 g/mol. The molecule has 2 nitrogen and oxygen atoms in total. The lowest BCUT2D eigenvalue weighted by atomic mass is 9.94. The summed E-state index contributed by atoms with van der Waals surface area (Å²) in [5.41, 5.74) is -0.0550. The highest BCUT2D eigenvalue weighted by atomic mass is 79.9. The van der Waals surface area contributed by atoms with Crippen molar-refractivity contribution < 1.29 is 4.79 Å². The average Bonchev–Trinajstić information content (AvgIpc) is 2.24. The zero-order chi connectivity index (χ0) is 11.2. The van der Waals surface area contributed by atoms with E-state index in [1.807, 2.05) is 13.8 Å². The van der Waals surface area contributed by atoms with E-state index in [9.17, 15) is 4.79 Å². The largest absolute Gasteiger partial charge is 0.350 e. The zero-order valence-electron chi connectivity index (χ0n) is 9.69. The van der Waals surface area contributed by atoms with Crippen molar-refractivity contribution in [3.8, 4) is 0 Å². The molecule has 1 unspecified atom stereocenters. The van der Waals surface area contributed by atoms with Gasteiger partial charge in [-0.2, -0.15) is 0 Å². The van der Waals surface area contributed by atoms with E-state index < -0.39 is 0 Å². The van der Waals surface area contributed by atoms with Crippen LogP contribution in [0.15, 0.2) is 0 Å². The normalized spacial score (nSPS) is 13.8. The number of nitrogens with one attached hydrogen (secondary N) is 1. The third-order valence-electron chi connectivity index (χ3n) is 3.06. The minimum atomic E-state index is -0.0550. The van der Waals surface area contributed by atoms with Crippen LogP contribution in [0.3, 0.4) is 0 Å². The number of carbonyl (C=O) groups is 1. The van der Waals surface area contributed by atoms with E-state index in [0.29, 0.717) is 0 Å². The van der Waals surface area contributed by atoms with Gasteiger partial charge in [0.25, 0.3) is 0 Å². The molecule has 0 heterocycles. The molecule has 3 heteroatoms. The van der Waals surface area contributed by atoms with Gasteiger partial charge >= 0.3 is 0 Å². The fourth-order valence-electron chi connectivity index (χ4n) is 1.22. The van der Waals surface area contributed by atoms with Gasteiger partial charge in [-0.1, -0.05) is 43.6 Å². The number of rotatable bonds is 6. The Bertz CT molecular complexity index is 170. The van der Waals surface area contributed by atoms with E-state index in [2.05, 4.69) is 35.1 Å². The van der Waals surface area contributed by atoms with Crippen LogP contribution in [0.5, 0.6) is 0 Å². The summed E-state index contributed by atoms with van der Waals surface area (Å²) in [7, 11) is 0. The SMILES string of the molecule is CCC(C)C(=O)NC(CC)(CC)CBr. The third kappa shape index (κ3) is 3.60. The van der Waals surface area contributed by atoms with Gasteiger partial charge in [-0.05, 0) is 19.3 Å². The number of carbonyl (C=O) groups excluding carboxylic acids is 1. The van der Waals surface area contributed by atoms with Gasteiger partial charge in [0.05, 0.1) is 0 Å². The molecule has 0 spiro atoms. The molecule has 1 atom stereocenters. The summed E-state index contributed by atoms with van der Waals surface area (Å²) in [6, 6.07) is 0. The molecule has 84 valence electrons. The molecular formula is C11H22BrNO. The van der Waals surface area contributed by atoms with Crippen LogP contribution in [0.1, 0.15) is 47.0 Å². The van der Waals surface area contributed by atoms with Crippen LogP contribution in [0.25, 0.3) is 0 Å². The zero-order valence-corrected chi connectivity index (χ0v) is 11.3. The van der Waals surface area contributed by atoms with Crippen molar-refractivity contribution >= 4 is 21.8 Å². The standard InChI is InChI=1S/C11H22BrNO/c1-5-9(4)10(14)13-11(6-2,7-3)8-12/h9H,5-8H2,1-4H3,(H,13,14). The lowest BCUT2D eigenvalue weighted by molar-refractivity contribution is -0.126. The highest BCUT2D eigenvalue weighted by Crippen LogP contribution is 2.19. The van der Waals surface area contributed by atoms with E-state index in [1.165, 1.54) is 0 Å². The Balaban J connectivity index is 4.37. The van der Waals surface area contributed by atoms with Gasteiger partial charge in [0.1, 0.15) is 0 Å². The van der Waals surface area contributed by atoms with Crippen LogP contribution in [0.2, 0.25) is 0 Å². The molecule has 0 aromatic carbocycles. The summed E-state index contributed by atoms with van der Waals surface area (Å²) < 4.78 is 0. The highest BCUT2D eigenvalue weighted by molar-refractivity contribution is 9.09. The van der Waals surface area contributed by atoms with Crippen molar-refractivity contribution in [2.24, 2.45) is 5.92 Å². The molecule has 0 aromatic rings. The van der Waals surface area contributed by atoms with Crippen LogP contribution >= 0.6 is 15.9 Å². The quantitative estimate of drug-likeness (QED) is 0.734. The van der Waals surface area contributed by atoms with Crippen LogP contribution in [-0.4, -0.2) is 16.8 Å². The Morgan fingerprint density at radius 3 is 2.14 bits per heavy atom. The van der Waals surface area contributed by atoms with Crippen LogP contribution in [-0.2, 0) is 4.79 Å². The number of alkyl halides is 1. The predicted octanol–water partition coefficient (Wildman–Crippen LogP) is 3.10. The summed E-state index contributed by atoms with van der Waals surface area (Å²) in [5, 5.41) is 3.97. The maximum Gasteiger partial charge on any atom is 0.223 e. The lowest BCUT2D eigenvalue weighted by Gasteiger charge is -2.32. The second-order valence-electron chi connectivity index (χ2n) is 3.92. The van der Waals surface area contributed by atoms with Gasteiger partial charge in [0.2, 0.25) is 5.91 Å². The van der Waals surface area contributed by atoms with Crippen molar-refractivity contribution in [2.45, 2.75) is 52.5 Å². The third-order valence-corrected chi connectivity index (χ3v) is 4.13. The molecule has 0 rings (SSSR count). The van der Waals surface area contributed by atoms with Gasteiger partial charge < -0.3 is 5.32 Å². The van der Waals surface area contributed by atoms with Crippen molar-refractivity contribution in [3.05, 3.63) is 0 Å². The first kappa shape index (κ1) is 13.9. The number of amides is 1. The Kier molecular flexibility index (Phi) is 6.41. The predicted molar refractivity (Wildman–Crippen MR) is 64.7 cm³/mol. The minimum absolute atomic E-state index is 0.0550. The average molecular weight is 264 g/mol. The van der Waals surface area contributed by atoms with Crippen LogP contribution in [0.4, 0.5) is 0 Å². The molecule has 0 saturated carbocycles. The number of hydrogen-bond acceptors (Lipinski definition) is 1. The first-order valence-electron chi connectivity index (χ1n) is 5.43. The summed E-state index contributed by atoms with van der Waals surface area (Å²) in [6.45, 7) is 8.24. The van der Waals surface area contributed by atoms with Crippen molar-refractivity contribution in [3.63, 3.8) is 0 Å². The fourth-order valence-corrected chi connectivity index (χ4v) is 2.15. The molecule has 1 N–H and O–H groups in total. The Hall–Kier alpha value is -0.0500. The number of halogens is 1. The molecule has 0 radical (unpaired) electrons. The molecule has 0 aromatic heterocycles. The number of hydrogen-bond donors (Lipinski definition) is 1. The van der Waals surface area contributed by atoms with Crippen molar-refractivity contribution in [1.29, 1.82) is 0 Å². The van der Waals surface area contributed by atoms with Gasteiger partial charge in [-0.25, -0.2) is 0 Å². The van der Waals surface area contributed by atoms with E-state index in [0.717, 1.165) is 24.6 Å². The first-order chi connectivity index (χ1) is 6.55. The first-order valence-corrected chi connectivity index (χ1v) is 6.55. The maximum atomic E-state index is 11.7. The summed E-state index contributed by atoms with van der Waals surface area (Å²) in [4.78, 5) is 11.7. The molecule has 1 amide bonds. The monoisotopic (exact) mass is 263 g/mol. The molecule has 0 aliphatic rings. The maximum absolute atomic E-state index is 11.7. The summed E-state index contributed by atoms with van der Waals surface area (Å²) >= 11 is 3.48. The molecule has 0 bridgehead atoms. The van der Waals surface area contributed by atoms with E-state index in [4.69, 9.17) is 0 Å². The fraction of sp³-hybridized carbons (Fsp3) is 0.909. The van der Waals surface area contributed by atoms with E-state index >= 15 is 0 Å². The molecule has 14 heavy (non-hydrogen) atoms. The van der Waals surface area contributed by atoms with Gasteiger partial charge in [-0.3, -0.25) is 4.79 Å². The van der Waals surface area contributed by atoms with Crippen LogP contribution < -0.4 is 5.32 Å². The Morgan fingerprint density at radius 1 is 1.36 bits per heavy atom. The smallest absolute Gasteiger partial charge is 0.223 e. The van der Waals surface area contributed by atoms with Gasteiger partial charge in [0.15, 0.2) is 0 Å². The van der Waals surface area contributed by atoms with E-state index in [-0.39, 0.29) is 17.4 Å². The minimum Gasteiger partial charge on any atom is -0.350 e. The second-order valence-corrected chi connectivity index (χ2v) is 4.48. The van der Waals surface area contributed by atoms with Crippen LogP contribution in [0, 0.1) is 5.92 Å². The Labute approximate surface area is 96.0 Å². The summed E-state index contributed by atoms with van der Waals surface area (Å²) in [6.07, 6.45) is 2.84. The Morgan fingerprint density at radius 2 is 1.86 bits per heavy atom. The van der Waals surface area contributed by atoms with Crippen molar-refractivity contribution in [1.82, 2.24) is 5.32 Å². The van der Waals surface area contributed by atoms with E-state index in [1.54, 1.807) is 0 Å². The van der Waals surface area contributed by atoms with Crippen molar-refractivity contribution in [2.75, 3.05) is 5.33 Å². The lowest BCUT2D eigenvalue weighted by Crippen LogP contribution is -2.50. The highest BCUT2D eigenvalue weighted by Gasteiger charge is 2.27. The second kappa shape index (κ2) is 6.44. The molecule has 0 aliphatic heterocycles. The molecule has 0 aliphatic carbocycles. The van der Waals surface area contributed by atoms with Gasteiger partial charge in [0, 0.05) is 16.8 Å². The topological polar surface area (TPSA) is 29.1 Å². The molecule has 0 fully saturated rings. The molecule has 0 saturated heterocycles. The van der Waals surface area contributed by atoms with Gasteiger partial charge in [-0.15, -0.1) is 0 Å². The summed E-state index contributed by atoms with van der Waals surface area (Å²) in [5.74, 6) is 0.294.